The number of carbonyl (C=O) groups excluding carboxylic acids is 1. The van der Waals surface area contributed by atoms with Crippen LogP contribution in [0.1, 0.15) is 49.5 Å². The normalized spacial score (nSPS) is 16.3. The molecule has 2 aromatic rings. The van der Waals surface area contributed by atoms with E-state index < -0.39 is 0 Å². The van der Waals surface area contributed by atoms with Crippen molar-refractivity contribution >= 4 is 28.9 Å². The highest BCUT2D eigenvalue weighted by Gasteiger charge is 2.16. The first-order chi connectivity index (χ1) is 13.8. The Bertz CT molecular complexity index is 836. The van der Waals surface area contributed by atoms with Crippen LogP contribution in [0.25, 0.3) is 0 Å². The van der Waals surface area contributed by atoms with Gasteiger partial charge in [-0.3, -0.25) is 10.1 Å². The Morgan fingerprint density at radius 1 is 1.14 bits per heavy atom. The quantitative estimate of drug-likeness (QED) is 0.699. The first-order valence-electron chi connectivity index (χ1n) is 9.88. The van der Waals surface area contributed by atoms with Crippen molar-refractivity contribution in [1.82, 2.24) is 5.32 Å². The maximum absolute atomic E-state index is 12.4. The summed E-state index contributed by atoms with van der Waals surface area (Å²) in [5, 5.41) is 5.99. The Hall–Kier alpha value is -2.44. The molecular weight excluding hydrogens is 384 g/mol. The number of rotatable bonds is 5. The summed E-state index contributed by atoms with van der Waals surface area (Å²) >= 11 is 5.26. The largest absolute Gasteiger partial charge is 0.491 e. The predicted octanol–water partition coefficient (Wildman–Crippen LogP) is 4.67. The molecule has 2 aromatic carbocycles. The standard InChI is InChI=1S/C23H28N2O3S/c1-23(2,3)17-8-6-16(7-9-17)21(26)25-22(29)24-18-10-12-19(13-11-18)28-15-20-5-4-14-27-20/h6-13,20H,4-5,14-15H2,1-3H3,(H2,24,25,26,29)/t20-/m1/s1. The number of carbonyl (C=O) groups is 1. The molecule has 1 amide bonds. The maximum Gasteiger partial charge on any atom is 0.257 e. The van der Waals surface area contributed by atoms with Crippen molar-refractivity contribution in [3.05, 3.63) is 59.7 Å². The third-order valence-corrected chi connectivity index (χ3v) is 5.02. The van der Waals surface area contributed by atoms with Gasteiger partial charge >= 0.3 is 0 Å². The van der Waals surface area contributed by atoms with E-state index in [0.29, 0.717) is 12.2 Å². The van der Waals surface area contributed by atoms with Crippen molar-refractivity contribution in [1.29, 1.82) is 0 Å². The molecule has 0 unspecified atom stereocenters. The molecule has 29 heavy (non-hydrogen) atoms. The molecule has 6 heteroatoms. The summed E-state index contributed by atoms with van der Waals surface area (Å²) in [4.78, 5) is 12.4. The molecule has 1 fully saturated rings. The molecule has 1 aliphatic rings. The second-order valence-corrected chi connectivity index (χ2v) is 8.61. The van der Waals surface area contributed by atoms with Crippen molar-refractivity contribution in [3.63, 3.8) is 0 Å². The smallest absolute Gasteiger partial charge is 0.257 e. The molecule has 0 spiro atoms. The highest BCUT2D eigenvalue weighted by atomic mass is 32.1. The third kappa shape index (κ3) is 6.27. The summed E-state index contributed by atoms with van der Waals surface area (Å²) in [7, 11) is 0. The number of anilines is 1. The second kappa shape index (κ2) is 9.37. The first-order valence-corrected chi connectivity index (χ1v) is 10.3. The molecule has 0 aromatic heterocycles. The topological polar surface area (TPSA) is 59.6 Å². The fraction of sp³-hybridized carbons (Fsp3) is 0.391. The molecule has 154 valence electrons. The van der Waals surface area contributed by atoms with Crippen LogP contribution in [0.3, 0.4) is 0 Å². The average Bonchev–Trinajstić information content (AvgIpc) is 3.20. The number of ether oxygens (including phenoxy) is 2. The molecular formula is C23H28N2O3S. The van der Waals surface area contributed by atoms with E-state index in [1.165, 1.54) is 5.56 Å². The van der Waals surface area contributed by atoms with E-state index in [4.69, 9.17) is 21.7 Å². The van der Waals surface area contributed by atoms with Crippen molar-refractivity contribution < 1.29 is 14.3 Å². The molecule has 5 nitrogen and oxygen atoms in total. The zero-order valence-corrected chi connectivity index (χ0v) is 18.0. The molecule has 0 bridgehead atoms. The van der Waals surface area contributed by atoms with Crippen molar-refractivity contribution in [3.8, 4) is 5.75 Å². The minimum Gasteiger partial charge on any atom is -0.491 e. The summed E-state index contributed by atoms with van der Waals surface area (Å²) in [5.74, 6) is 0.541. The van der Waals surface area contributed by atoms with Crippen LogP contribution in [0.15, 0.2) is 48.5 Å². The average molecular weight is 413 g/mol. The molecule has 1 atom stereocenters. The Balaban J connectivity index is 1.48. The number of nitrogens with one attached hydrogen (secondary N) is 2. The zero-order valence-electron chi connectivity index (χ0n) is 17.2. The van der Waals surface area contributed by atoms with Gasteiger partial charge in [0, 0.05) is 17.9 Å². The van der Waals surface area contributed by atoms with E-state index in [2.05, 4.69) is 31.4 Å². The first kappa shape index (κ1) is 21.3. The number of benzene rings is 2. The zero-order chi connectivity index (χ0) is 20.9. The highest BCUT2D eigenvalue weighted by molar-refractivity contribution is 7.80. The minimum absolute atomic E-state index is 0.0475. The Labute approximate surface area is 177 Å². The van der Waals surface area contributed by atoms with Crippen LogP contribution in [0.5, 0.6) is 5.75 Å². The summed E-state index contributed by atoms with van der Waals surface area (Å²) < 4.78 is 11.3. The number of thiocarbonyl (C=S) groups is 1. The van der Waals surface area contributed by atoms with Crippen LogP contribution >= 0.6 is 12.2 Å². The van der Waals surface area contributed by atoms with Gasteiger partial charge in [0.05, 0.1) is 6.10 Å². The van der Waals surface area contributed by atoms with Crippen LogP contribution < -0.4 is 15.4 Å². The number of amides is 1. The lowest BCUT2D eigenvalue weighted by Gasteiger charge is -2.19. The molecule has 1 saturated heterocycles. The summed E-state index contributed by atoms with van der Waals surface area (Å²) in [6.45, 7) is 7.80. The second-order valence-electron chi connectivity index (χ2n) is 8.21. The van der Waals surface area contributed by atoms with Gasteiger partial charge < -0.3 is 14.8 Å². The Kier molecular flexibility index (Phi) is 6.87. The lowest BCUT2D eigenvalue weighted by molar-refractivity contribution is 0.0679. The summed E-state index contributed by atoms with van der Waals surface area (Å²) in [5.41, 5.74) is 2.57. The molecule has 2 N–H and O–H groups in total. The fourth-order valence-corrected chi connectivity index (χ4v) is 3.27. The lowest BCUT2D eigenvalue weighted by Crippen LogP contribution is -2.34. The van der Waals surface area contributed by atoms with Gasteiger partial charge in [0.2, 0.25) is 0 Å². The maximum atomic E-state index is 12.4. The minimum atomic E-state index is -0.237. The molecule has 3 rings (SSSR count). The van der Waals surface area contributed by atoms with Crippen molar-refractivity contribution in [2.45, 2.75) is 45.1 Å². The molecule has 1 heterocycles. The number of hydrogen-bond donors (Lipinski definition) is 2. The van der Waals surface area contributed by atoms with Gasteiger partial charge in [-0.25, -0.2) is 0 Å². The van der Waals surface area contributed by atoms with E-state index in [-0.39, 0.29) is 22.5 Å². The predicted molar refractivity (Wildman–Crippen MR) is 120 cm³/mol. The van der Waals surface area contributed by atoms with E-state index in [0.717, 1.165) is 30.9 Å². The highest BCUT2D eigenvalue weighted by Crippen LogP contribution is 2.22. The van der Waals surface area contributed by atoms with Gasteiger partial charge in [0.25, 0.3) is 5.91 Å². The van der Waals surface area contributed by atoms with Crippen LogP contribution in [-0.4, -0.2) is 30.3 Å². The van der Waals surface area contributed by atoms with Crippen LogP contribution in [-0.2, 0) is 10.2 Å². The lowest BCUT2D eigenvalue weighted by atomic mass is 9.87. The van der Waals surface area contributed by atoms with Crippen LogP contribution in [0.2, 0.25) is 0 Å². The monoisotopic (exact) mass is 412 g/mol. The van der Waals surface area contributed by atoms with E-state index >= 15 is 0 Å². The molecule has 0 radical (unpaired) electrons. The summed E-state index contributed by atoms with van der Waals surface area (Å²) in [6.07, 6.45) is 2.33. The van der Waals surface area contributed by atoms with E-state index in [9.17, 15) is 4.79 Å². The van der Waals surface area contributed by atoms with Gasteiger partial charge in [0.1, 0.15) is 12.4 Å². The molecule has 1 aliphatic heterocycles. The van der Waals surface area contributed by atoms with E-state index in [1.54, 1.807) is 0 Å². The Morgan fingerprint density at radius 3 is 2.41 bits per heavy atom. The van der Waals surface area contributed by atoms with Crippen molar-refractivity contribution in [2.24, 2.45) is 0 Å². The third-order valence-electron chi connectivity index (χ3n) is 4.81. The van der Waals surface area contributed by atoms with Gasteiger partial charge in [0.15, 0.2) is 5.11 Å². The van der Waals surface area contributed by atoms with E-state index in [1.807, 2.05) is 48.5 Å². The van der Waals surface area contributed by atoms with Crippen molar-refractivity contribution in [2.75, 3.05) is 18.5 Å². The number of hydrogen-bond acceptors (Lipinski definition) is 4. The van der Waals surface area contributed by atoms with Crippen LogP contribution in [0, 0.1) is 0 Å². The van der Waals surface area contributed by atoms with Gasteiger partial charge in [-0.05, 0) is 72.4 Å². The van der Waals surface area contributed by atoms with Gasteiger partial charge in [-0.15, -0.1) is 0 Å². The molecule has 0 aliphatic carbocycles. The fourth-order valence-electron chi connectivity index (χ4n) is 3.06. The summed E-state index contributed by atoms with van der Waals surface area (Å²) in [6, 6.07) is 15.0. The van der Waals surface area contributed by atoms with Crippen LogP contribution in [0.4, 0.5) is 5.69 Å². The Morgan fingerprint density at radius 2 is 1.83 bits per heavy atom. The van der Waals surface area contributed by atoms with Gasteiger partial charge in [-0.1, -0.05) is 32.9 Å². The molecule has 0 saturated carbocycles. The SMILES string of the molecule is CC(C)(C)c1ccc(C(=O)NC(=S)Nc2ccc(OC[C@H]3CCCO3)cc2)cc1. The van der Waals surface area contributed by atoms with Gasteiger partial charge in [-0.2, -0.15) is 0 Å².